The number of carbonyl (C=O) groups is 2. The maximum absolute atomic E-state index is 13.2. The Bertz CT molecular complexity index is 1410. The van der Waals surface area contributed by atoms with Crippen molar-refractivity contribution < 1.29 is 37.3 Å². The first-order valence-electron chi connectivity index (χ1n) is 11.1. The highest BCUT2D eigenvalue weighted by atomic mass is 35.5. The average Bonchev–Trinajstić information content (AvgIpc) is 2.87. The van der Waals surface area contributed by atoms with Gasteiger partial charge >= 0.3 is 12.1 Å². The number of amides is 1. The molecule has 11 heteroatoms. The average molecular weight is 547 g/mol. The van der Waals surface area contributed by atoms with E-state index < -0.39 is 23.7 Å². The molecule has 0 fully saturated rings. The van der Waals surface area contributed by atoms with E-state index >= 15 is 0 Å². The molecule has 1 aromatic heterocycles. The first-order chi connectivity index (χ1) is 18.0. The lowest BCUT2D eigenvalue weighted by molar-refractivity contribution is -0.141. The summed E-state index contributed by atoms with van der Waals surface area (Å²) in [5.74, 6) is 4.05. The van der Waals surface area contributed by atoms with Gasteiger partial charge in [-0.05, 0) is 25.1 Å². The number of benzene rings is 2. The first-order valence-corrected chi connectivity index (χ1v) is 11.5. The molecule has 2 N–H and O–H groups in total. The van der Waals surface area contributed by atoms with Crippen molar-refractivity contribution in [1.29, 1.82) is 0 Å². The molecular weight excluding hydrogens is 525 g/mol. The zero-order valence-corrected chi connectivity index (χ0v) is 21.0. The van der Waals surface area contributed by atoms with Crippen molar-refractivity contribution in [3.63, 3.8) is 0 Å². The highest BCUT2D eigenvalue weighted by molar-refractivity contribution is 6.33. The van der Waals surface area contributed by atoms with Crippen LogP contribution in [0.1, 0.15) is 40.5 Å². The number of aliphatic carboxylic acids is 1. The number of nitrogens with zero attached hydrogens (tertiary/aromatic N) is 1. The second-order valence-corrected chi connectivity index (χ2v) is 8.21. The predicted octanol–water partition coefficient (Wildman–Crippen LogP) is 5.58. The molecule has 1 heterocycles. The Morgan fingerprint density at radius 3 is 2.53 bits per heavy atom. The van der Waals surface area contributed by atoms with Crippen LogP contribution in [-0.2, 0) is 17.5 Å². The molecule has 0 aliphatic heterocycles. The third-order valence-electron chi connectivity index (χ3n) is 5.26. The number of rotatable bonds is 9. The Labute approximate surface area is 221 Å². The van der Waals surface area contributed by atoms with E-state index in [9.17, 15) is 22.8 Å². The number of hydrogen-bond donors (Lipinski definition) is 2. The summed E-state index contributed by atoms with van der Waals surface area (Å²) in [6, 6.07) is 10.5. The highest BCUT2D eigenvalue weighted by Gasteiger charge is 2.33. The van der Waals surface area contributed by atoms with Gasteiger partial charge in [0.15, 0.2) is 0 Å². The number of carboxylic acids is 1. The van der Waals surface area contributed by atoms with Crippen molar-refractivity contribution in [3.05, 3.63) is 76.1 Å². The normalized spacial score (nSPS) is 10.8. The molecule has 1 amide bonds. The maximum atomic E-state index is 13.2. The fourth-order valence-corrected chi connectivity index (χ4v) is 3.74. The molecule has 0 unspecified atom stereocenters. The van der Waals surface area contributed by atoms with Crippen LogP contribution in [0.4, 0.5) is 13.2 Å². The molecule has 198 valence electrons. The van der Waals surface area contributed by atoms with Crippen LogP contribution in [0.15, 0.2) is 48.7 Å². The van der Waals surface area contributed by atoms with Crippen molar-refractivity contribution >= 4 is 23.5 Å². The largest absolute Gasteiger partial charge is 0.496 e. The number of carbonyl (C=O) groups excluding carboxylic acids is 1. The number of aromatic nitrogens is 1. The van der Waals surface area contributed by atoms with E-state index in [2.05, 4.69) is 22.1 Å². The fraction of sp³-hybridized carbons (Fsp3) is 0.222. The van der Waals surface area contributed by atoms with Crippen LogP contribution in [0.3, 0.4) is 0 Å². The molecule has 0 aliphatic rings. The number of halogens is 4. The molecule has 0 atom stereocenters. The lowest BCUT2D eigenvalue weighted by atomic mass is 9.98. The van der Waals surface area contributed by atoms with Crippen molar-refractivity contribution in [3.8, 4) is 34.5 Å². The SMILES string of the molecule is CC#Cc1cc(C(F)(F)F)ncc1-c1cc(C(=O)NCc2ccccc2OC)c(OCCC(=O)O)cc1Cl. The molecule has 0 radical (unpaired) electrons. The van der Waals surface area contributed by atoms with E-state index in [0.29, 0.717) is 11.3 Å². The van der Waals surface area contributed by atoms with E-state index in [-0.39, 0.29) is 52.6 Å². The molecule has 2 aromatic carbocycles. The summed E-state index contributed by atoms with van der Waals surface area (Å²) in [6.45, 7) is 1.31. The van der Waals surface area contributed by atoms with Crippen molar-refractivity contribution in [2.75, 3.05) is 13.7 Å². The summed E-state index contributed by atoms with van der Waals surface area (Å²) < 4.78 is 50.6. The molecule has 3 aromatic rings. The zero-order valence-electron chi connectivity index (χ0n) is 20.3. The van der Waals surface area contributed by atoms with Crippen LogP contribution < -0.4 is 14.8 Å². The van der Waals surface area contributed by atoms with Gasteiger partial charge in [0.1, 0.15) is 17.2 Å². The van der Waals surface area contributed by atoms with Gasteiger partial charge in [0.05, 0.1) is 30.7 Å². The Balaban J connectivity index is 2.06. The number of alkyl halides is 3. The molecule has 0 bridgehead atoms. The molecule has 0 spiro atoms. The molecule has 0 saturated heterocycles. The lowest BCUT2D eigenvalue weighted by Gasteiger charge is -2.16. The van der Waals surface area contributed by atoms with Gasteiger partial charge in [-0.1, -0.05) is 35.7 Å². The molecule has 38 heavy (non-hydrogen) atoms. The van der Waals surface area contributed by atoms with Crippen LogP contribution in [-0.4, -0.2) is 35.7 Å². The highest BCUT2D eigenvalue weighted by Crippen LogP contribution is 2.37. The van der Waals surface area contributed by atoms with Crippen molar-refractivity contribution in [1.82, 2.24) is 10.3 Å². The standard InChI is InChI=1S/C27H22ClF3N2O5/c1-3-6-16-11-24(27(29,30)31)32-15-20(16)18-12-19(23(13-21(18)28)38-10-9-25(34)35)26(36)33-14-17-7-4-5-8-22(17)37-2/h4-5,7-8,11-13,15H,9-10,14H2,1-2H3,(H,33,36)(H,34,35). The van der Waals surface area contributed by atoms with Crippen molar-refractivity contribution in [2.24, 2.45) is 0 Å². The Hall–Kier alpha value is -4.23. The van der Waals surface area contributed by atoms with Gasteiger partial charge in [0.25, 0.3) is 5.91 Å². The Morgan fingerprint density at radius 2 is 1.87 bits per heavy atom. The van der Waals surface area contributed by atoms with Crippen molar-refractivity contribution in [2.45, 2.75) is 26.1 Å². The Kier molecular flexibility index (Phi) is 9.20. The maximum Gasteiger partial charge on any atom is 0.433 e. The molecular formula is C27H22ClF3N2O5. The summed E-state index contributed by atoms with van der Waals surface area (Å²) in [7, 11) is 1.50. The summed E-state index contributed by atoms with van der Waals surface area (Å²) in [4.78, 5) is 27.7. The number of pyridine rings is 1. The minimum absolute atomic E-state index is 0.000484. The van der Waals surface area contributed by atoms with Gasteiger partial charge in [-0.2, -0.15) is 13.2 Å². The van der Waals surface area contributed by atoms with Gasteiger partial charge in [0, 0.05) is 41.1 Å². The minimum Gasteiger partial charge on any atom is -0.496 e. The fourth-order valence-electron chi connectivity index (χ4n) is 3.49. The zero-order chi connectivity index (χ0) is 27.9. The van der Waals surface area contributed by atoms with Gasteiger partial charge in [0.2, 0.25) is 0 Å². The predicted molar refractivity (Wildman–Crippen MR) is 134 cm³/mol. The van der Waals surface area contributed by atoms with Crippen LogP contribution in [0.25, 0.3) is 11.1 Å². The van der Waals surface area contributed by atoms with E-state index in [4.69, 9.17) is 26.2 Å². The van der Waals surface area contributed by atoms with Crippen LogP contribution in [0, 0.1) is 11.8 Å². The van der Waals surface area contributed by atoms with Gasteiger partial charge in [-0.25, -0.2) is 0 Å². The second-order valence-electron chi connectivity index (χ2n) is 7.80. The Morgan fingerprint density at radius 1 is 1.13 bits per heavy atom. The minimum atomic E-state index is -4.68. The van der Waals surface area contributed by atoms with Crippen LogP contribution in [0.2, 0.25) is 5.02 Å². The van der Waals surface area contributed by atoms with Gasteiger partial charge in [-0.15, -0.1) is 5.92 Å². The van der Waals surface area contributed by atoms with E-state index in [0.717, 1.165) is 12.3 Å². The number of nitrogens with one attached hydrogen (secondary N) is 1. The molecule has 0 aliphatic carbocycles. The second kappa shape index (κ2) is 12.3. The van der Waals surface area contributed by atoms with Gasteiger partial charge in [-0.3, -0.25) is 14.6 Å². The number of methoxy groups -OCH3 is 1. The van der Waals surface area contributed by atoms with E-state index in [1.165, 1.54) is 26.2 Å². The smallest absolute Gasteiger partial charge is 0.433 e. The third kappa shape index (κ3) is 6.95. The quantitative estimate of drug-likeness (QED) is 0.340. The molecule has 7 nitrogen and oxygen atoms in total. The van der Waals surface area contributed by atoms with E-state index in [1.807, 2.05) is 0 Å². The monoisotopic (exact) mass is 546 g/mol. The molecule has 0 saturated carbocycles. The summed E-state index contributed by atoms with van der Waals surface area (Å²) in [5, 5.41) is 11.7. The number of hydrogen-bond acceptors (Lipinski definition) is 5. The first kappa shape index (κ1) is 28.3. The van der Waals surface area contributed by atoms with Gasteiger partial charge < -0.3 is 19.9 Å². The van der Waals surface area contributed by atoms with Crippen LogP contribution in [0.5, 0.6) is 11.5 Å². The molecule has 3 rings (SSSR count). The number of para-hydroxylation sites is 1. The van der Waals surface area contributed by atoms with Crippen LogP contribution >= 0.6 is 11.6 Å². The third-order valence-corrected chi connectivity index (χ3v) is 5.58. The topological polar surface area (TPSA) is 97.8 Å². The lowest BCUT2D eigenvalue weighted by Crippen LogP contribution is -2.24. The number of carboxylic acid groups (broad SMARTS) is 1. The summed E-state index contributed by atoms with van der Waals surface area (Å²) >= 11 is 6.45. The number of ether oxygens (including phenoxy) is 2. The summed E-state index contributed by atoms with van der Waals surface area (Å²) in [6.07, 6.45) is -4.02. The van der Waals surface area contributed by atoms with E-state index in [1.54, 1.807) is 24.3 Å². The summed E-state index contributed by atoms with van der Waals surface area (Å²) in [5.41, 5.74) is -0.0691.